The molecule has 0 atom stereocenters. The maximum atomic E-state index is 13.2. The van der Waals surface area contributed by atoms with Gasteiger partial charge in [0.05, 0.1) is 22.8 Å². The molecule has 12 heteroatoms. The van der Waals surface area contributed by atoms with E-state index in [4.69, 9.17) is 37.8 Å². The molecule has 194 valence electrons. The molecule has 2 N–H and O–H groups in total. The van der Waals surface area contributed by atoms with Gasteiger partial charge in [-0.2, -0.15) is 0 Å². The van der Waals surface area contributed by atoms with Gasteiger partial charge in [-0.05, 0) is 76.1 Å². The fourth-order valence-corrected chi connectivity index (χ4v) is 4.60. The van der Waals surface area contributed by atoms with Crippen LogP contribution in [0.25, 0.3) is 6.08 Å². The van der Waals surface area contributed by atoms with Gasteiger partial charge in [-0.25, -0.2) is 14.5 Å². The van der Waals surface area contributed by atoms with E-state index in [2.05, 4.69) is 21.2 Å². The Morgan fingerprint density at radius 2 is 1.79 bits per heavy atom. The lowest BCUT2D eigenvalue weighted by molar-refractivity contribution is -0.122. The van der Waals surface area contributed by atoms with Crippen LogP contribution < -0.4 is 19.7 Å². The molecular formula is C26H17BrCl2N2O7. The van der Waals surface area contributed by atoms with E-state index in [0.29, 0.717) is 37.1 Å². The van der Waals surface area contributed by atoms with Crippen molar-refractivity contribution in [3.05, 3.63) is 91.4 Å². The summed E-state index contributed by atoms with van der Waals surface area (Å²) in [4.78, 5) is 50.0. The number of carbonyl (C=O) groups is 4. The number of carbonyl (C=O) groups excluding carboxylic acids is 3. The fourth-order valence-electron chi connectivity index (χ4n) is 3.56. The molecule has 1 aliphatic heterocycles. The van der Waals surface area contributed by atoms with Crippen LogP contribution in [0.15, 0.2) is 64.6 Å². The summed E-state index contributed by atoms with van der Waals surface area (Å²) < 4.78 is 11.8. The van der Waals surface area contributed by atoms with Crippen molar-refractivity contribution >= 4 is 74.7 Å². The minimum absolute atomic E-state index is 0.0250. The Morgan fingerprint density at radius 3 is 2.42 bits per heavy atom. The van der Waals surface area contributed by atoms with Gasteiger partial charge in [-0.1, -0.05) is 29.3 Å². The molecule has 0 spiro atoms. The third-order valence-electron chi connectivity index (χ3n) is 5.42. The molecule has 0 aliphatic carbocycles. The lowest BCUT2D eigenvalue weighted by Gasteiger charge is -2.26. The van der Waals surface area contributed by atoms with Crippen LogP contribution >= 0.6 is 39.1 Å². The van der Waals surface area contributed by atoms with Crippen molar-refractivity contribution in [2.75, 3.05) is 12.0 Å². The summed E-state index contributed by atoms with van der Waals surface area (Å²) in [5.41, 5.74) is 0.853. The minimum Gasteiger partial charge on any atom is -0.493 e. The van der Waals surface area contributed by atoms with Crippen molar-refractivity contribution in [1.29, 1.82) is 0 Å². The smallest absolute Gasteiger partial charge is 0.335 e. The van der Waals surface area contributed by atoms with Crippen molar-refractivity contribution in [3.8, 4) is 11.5 Å². The first kappa shape index (κ1) is 27.2. The maximum Gasteiger partial charge on any atom is 0.335 e. The predicted octanol–water partition coefficient (Wildman–Crippen LogP) is 5.71. The van der Waals surface area contributed by atoms with Crippen LogP contribution in [-0.4, -0.2) is 36.0 Å². The van der Waals surface area contributed by atoms with Gasteiger partial charge in [-0.3, -0.25) is 14.9 Å². The number of hydrogen-bond acceptors (Lipinski definition) is 6. The first-order chi connectivity index (χ1) is 18.1. The fraction of sp³-hybridized carbons (Fsp3) is 0.0769. The van der Waals surface area contributed by atoms with E-state index < -0.39 is 23.8 Å². The Kier molecular flexibility index (Phi) is 8.05. The van der Waals surface area contributed by atoms with Crippen LogP contribution in [0.1, 0.15) is 21.5 Å². The van der Waals surface area contributed by atoms with Crippen LogP contribution in [0.3, 0.4) is 0 Å². The Labute approximate surface area is 234 Å². The number of ether oxygens (including phenoxy) is 2. The number of aromatic carboxylic acids is 1. The second-order valence-corrected chi connectivity index (χ2v) is 9.57. The van der Waals surface area contributed by atoms with Crippen LogP contribution in [0, 0.1) is 0 Å². The number of hydrogen-bond donors (Lipinski definition) is 2. The largest absolute Gasteiger partial charge is 0.493 e. The van der Waals surface area contributed by atoms with E-state index in [1.165, 1.54) is 37.5 Å². The van der Waals surface area contributed by atoms with E-state index in [0.717, 1.165) is 4.90 Å². The third kappa shape index (κ3) is 5.67. The number of methoxy groups -OCH3 is 1. The molecule has 38 heavy (non-hydrogen) atoms. The summed E-state index contributed by atoms with van der Waals surface area (Å²) in [6.45, 7) is 0.115. The standard InChI is InChI=1S/C26H17BrCl2N2O7/c1-37-21-10-13(9-19(27)22(21)38-12-15-2-5-16(28)11-20(15)29)8-18-23(32)30-26(36)31(24(18)33)17-6-3-14(4-7-17)25(34)35/h2-11H,12H2,1H3,(H,34,35)(H,30,32,36)/b18-8+. The summed E-state index contributed by atoms with van der Waals surface area (Å²) in [6, 6.07) is 12.3. The highest BCUT2D eigenvalue weighted by Gasteiger charge is 2.37. The number of imide groups is 2. The van der Waals surface area contributed by atoms with Crippen molar-refractivity contribution in [3.63, 3.8) is 0 Å². The van der Waals surface area contributed by atoms with Crippen LogP contribution in [-0.2, 0) is 16.2 Å². The van der Waals surface area contributed by atoms with Crippen molar-refractivity contribution in [1.82, 2.24) is 5.32 Å². The highest BCUT2D eigenvalue weighted by Crippen LogP contribution is 2.38. The molecule has 3 aromatic carbocycles. The molecule has 1 fully saturated rings. The highest BCUT2D eigenvalue weighted by molar-refractivity contribution is 9.10. The van der Waals surface area contributed by atoms with Crippen molar-refractivity contribution < 1.29 is 33.8 Å². The van der Waals surface area contributed by atoms with Gasteiger partial charge in [-0.15, -0.1) is 0 Å². The van der Waals surface area contributed by atoms with Gasteiger partial charge in [0.2, 0.25) is 0 Å². The second-order valence-electron chi connectivity index (χ2n) is 7.87. The molecule has 3 aromatic rings. The Morgan fingerprint density at radius 1 is 1.08 bits per heavy atom. The van der Waals surface area contributed by atoms with Gasteiger partial charge in [0.25, 0.3) is 11.8 Å². The van der Waals surface area contributed by atoms with Gasteiger partial charge in [0.1, 0.15) is 12.2 Å². The van der Waals surface area contributed by atoms with Gasteiger partial charge in [0, 0.05) is 15.6 Å². The molecule has 0 unspecified atom stereocenters. The molecule has 0 bridgehead atoms. The monoisotopic (exact) mass is 618 g/mol. The third-order valence-corrected chi connectivity index (χ3v) is 6.60. The first-order valence-electron chi connectivity index (χ1n) is 10.8. The topological polar surface area (TPSA) is 122 Å². The minimum atomic E-state index is -1.16. The summed E-state index contributed by atoms with van der Waals surface area (Å²) in [6.07, 6.45) is 1.30. The Balaban J connectivity index is 1.63. The number of carboxylic acids is 1. The van der Waals surface area contributed by atoms with E-state index >= 15 is 0 Å². The molecule has 1 heterocycles. The quantitative estimate of drug-likeness (QED) is 0.257. The van der Waals surface area contributed by atoms with Gasteiger partial charge in [0.15, 0.2) is 11.5 Å². The van der Waals surface area contributed by atoms with Crippen LogP contribution in [0.4, 0.5) is 10.5 Å². The second kappa shape index (κ2) is 11.3. The van der Waals surface area contributed by atoms with Gasteiger partial charge >= 0.3 is 12.0 Å². The summed E-state index contributed by atoms with van der Waals surface area (Å²) >= 11 is 15.6. The lowest BCUT2D eigenvalue weighted by Crippen LogP contribution is -2.54. The molecule has 0 aromatic heterocycles. The van der Waals surface area contributed by atoms with Gasteiger partial charge < -0.3 is 14.6 Å². The van der Waals surface area contributed by atoms with E-state index in [1.807, 2.05) is 0 Å². The lowest BCUT2D eigenvalue weighted by atomic mass is 10.1. The number of barbiturate groups is 1. The number of urea groups is 1. The molecule has 0 saturated carbocycles. The first-order valence-corrected chi connectivity index (χ1v) is 12.3. The molecule has 4 rings (SSSR count). The molecule has 1 aliphatic rings. The summed E-state index contributed by atoms with van der Waals surface area (Å²) in [5.74, 6) is -2.27. The Bertz CT molecular complexity index is 1510. The molecule has 0 radical (unpaired) electrons. The number of carboxylic acid groups (broad SMARTS) is 1. The number of anilines is 1. The number of nitrogens with zero attached hydrogens (tertiary/aromatic N) is 1. The zero-order valence-corrected chi connectivity index (χ0v) is 22.6. The van der Waals surface area contributed by atoms with Crippen LogP contribution in [0.2, 0.25) is 10.0 Å². The summed E-state index contributed by atoms with van der Waals surface area (Å²) in [5, 5.41) is 12.1. The van der Waals surface area contributed by atoms with E-state index in [1.54, 1.807) is 30.3 Å². The Hall–Kier alpha value is -3.86. The van der Waals surface area contributed by atoms with Crippen LogP contribution in [0.5, 0.6) is 11.5 Å². The molecule has 1 saturated heterocycles. The van der Waals surface area contributed by atoms with E-state index in [-0.39, 0.29) is 23.4 Å². The maximum absolute atomic E-state index is 13.2. The predicted molar refractivity (Wildman–Crippen MR) is 144 cm³/mol. The van der Waals surface area contributed by atoms with Crippen molar-refractivity contribution in [2.45, 2.75) is 6.61 Å². The van der Waals surface area contributed by atoms with E-state index in [9.17, 15) is 19.2 Å². The van der Waals surface area contributed by atoms with Crippen molar-refractivity contribution in [2.24, 2.45) is 0 Å². The molecule has 9 nitrogen and oxygen atoms in total. The summed E-state index contributed by atoms with van der Waals surface area (Å²) in [7, 11) is 1.43. The molecular weight excluding hydrogens is 603 g/mol. The number of nitrogens with one attached hydrogen (secondary N) is 1. The SMILES string of the molecule is COc1cc(/C=C2\C(=O)NC(=O)N(c3ccc(C(=O)O)cc3)C2=O)cc(Br)c1OCc1ccc(Cl)cc1Cl. The highest BCUT2D eigenvalue weighted by atomic mass is 79.9. The zero-order valence-electron chi connectivity index (χ0n) is 19.5. The zero-order chi connectivity index (χ0) is 27.6. The average Bonchev–Trinajstić information content (AvgIpc) is 2.86. The number of rotatable bonds is 7. The number of amides is 4. The molecule has 4 amide bonds. The normalized spacial score (nSPS) is 14.5. The number of halogens is 3. The average molecular weight is 620 g/mol. The number of benzene rings is 3.